The molecule has 7 heteroatoms. The summed E-state index contributed by atoms with van der Waals surface area (Å²) in [4.78, 5) is 20.0. The Bertz CT molecular complexity index is 1480. The molecule has 2 aliphatic rings. The van der Waals surface area contributed by atoms with Crippen molar-refractivity contribution in [3.63, 3.8) is 0 Å². The number of hydrogen-bond acceptors (Lipinski definition) is 3. The highest BCUT2D eigenvalue weighted by Crippen LogP contribution is 2.39. The first-order chi connectivity index (χ1) is 19.0. The smallest absolute Gasteiger partial charge is 0.254 e. The van der Waals surface area contributed by atoms with Crippen LogP contribution in [0, 0.1) is 5.92 Å². The summed E-state index contributed by atoms with van der Waals surface area (Å²) in [5.74, 6) is 2.48. The lowest BCUT2D eigenvalue weighted by Crippen LogP contribution is -2.38. The number of alkyl halides is 1. The van der Waals surface area contributed by atoms with Gasteiger partial charge in [0.2, 0.25) is 0 Å². The van der Waals surface area contributed by atoms with Gasteiger partial charge in [-0.15, -0.1) is 0 Å². The van der Waals surface area contributed by atoms with Crippen LogP contribution in [0.5, 0.6) is 5.75 Å². The number of amides is 1. The molecule has 0 spiro atoms. The second-order valence-corrected chi connectivity index (χ2v) is 10.7. The van der Waals surface area contributed by atoms with E-state index >= 15 is 0 Å². The van der Waals surface area contributed by atoms with Gasteiger partial charge < -0.3 is 18.8 Å². The van der Waals surface area contributed by atoms with E-state index in [0.717, 1.165) is 64.2 Å². The second kappa shape index (κ2) is 11.4. The number of carbonyl (C=O) groups excluding carboxylic acids is 1. The minimum absolute atomic E-state index is 0.0153. The SMILES string of the molecule is CC.CCC(C)Oc1cccc2cc(-c3nc4cc5c(cc4n3C)CCN(CCCF)C5=O)n(CC3CC3)c12. The number of benzene rings is 2. The van der Waals surface area contributed by atoms with E-state index in [2.05, 4.69) is 60.4 Å². The topological polar surface area (TPSA) is 52.3 Å². The number of carbonyl (C=O) groups is 1. The molecule has 1 aliphatic heterocycles. The summed E-state index contributed by atoms with van der Waals surface area (Å²) >= 11 is 0. The van der Waals surface area contributed by atoms with Crippen molar-refractivity contribution in [1.29, 1.82) is 0 Å². The maximum absolute atomic E-state index is 13.1. The largest absolute Gasteiger partial charge is 0.489 e. The third-order valence-electron chi connectivity index (χ3n) is 7.99. The van der Waals surface area contributed by atoms with Gasteiger partial charge >= 0.3 is 0 Å². The fraction of sp³-hybridized carbons (Fsp3) is 0.500. The van der Waals surface area contributed by atoms with Crippen LogP contribution in [0.15, 0.2) is 36.4 Å². The zero-order chi connectivity index (χ0) is 27.7. The van der Waals surface area contributed by atoms with Gasteiger partial charge in [-0.25, -0.2) is 4.98 Å². The molecule has 0 bridgehead atoms. The molecule has 0 saturated heterocycles. The minimum atomic E-state index is -0.405. The van der Waals surface area contributed by atoms with Gasteiger partial charge in [0.25, 0.3) is 5.91 Å². The summed E-state index contributed by atoms with van der Waals surface area (Å²) in [6.45, 7) is 9.89. The third-order valence-corrected chi connectivity index (χ3v) is 7.99. The predicted molar refractivity (Wildman–Crippen MR) is 156 cm³/mol. The number of ether oxygens (including phenoxy) is 1. The van der Waals surface area contributed by atoms with Crippen LogP contribution in [0.3, 0.4) is 0 Å². The van der Waals surface area contributed by atoms with Crippen molar-refractivity contribution in [1.82, 2.24) is 19.0 Å². The van der Waals surface area contributed by atoms with E-state index in [1.807, 2.05) is 19.9 Å². The van der Waals surface area contributed by atoms with Crippen molar-refractivity contribution in [2.45, 2.75) is 72.4 Å². The molecule has 1 amide bonds. The average molecular weight is 533 g/mol. The number of fused-ring (bicyclic) bond motifs is 3. The van der Waals surface area contributed by atoms with Gasteiger partial charge in [-0.3, -0.25) is 9.18 Å². The summed E-state index contributed by atoms with van der Waals surface area (Å²) in [6, 6.07) is 12.6. The van der Waals surface area contributed by atoms with E-state index in [9.17, 15) is 9.18 Å². The summed E-state index contributed by atoms with van der Waals surface area (Å²) < 4.78 is 23.6. The Morgan fingerprint density at radius 3 is 2.69 bits per heavy atom. The highest BCUT2D eigenvalue weighted by atomic mass is 19.1. The lowest BCUT2D eigenvalue weighted by Gasteiger charge is -2.28. The number of nitrogens with zero attached hydrogens (tertiary/aromatic N) is 4. The molecule has 6 nitrogen and oxygen atoms in total. The molecule has 6 rings (SSSR count). The number of rotatable bonds is 9. The van der Waals surface area contributed by atoms with Crippen LogP contribution < -0.4 is 4.74 Å². The number of aromatic nitrogens is 3. The first kappa shape index (κ1) is 27.2. The van der Waals surface area contributed by atoms with E-state index < -0.39 is 6.67 Å². The summed E-state index contributed by atoms with van der Waals surface area (Å²) in [7, 11) is 2.06. The van der Waals surface area contributed by atoms with Gasteiger partial charge in [0.15, 0.2) is 5.82 Å². The highest BCUT2D eigenvalue weighted by molar-refractivity contribution is 6.00. The number of halogens is 1. The highest BCUT2D eigenvalue weighted by Gasteiger charge is 2.29. The van der Waals surface area contributed by atoms with Crippen LogP contribution in [-0.4, -0.2) is 50.8 Å². The van der Waals surface area contributed by atoms with E-state index in [0.29, 0.717) is 31.0 Å². The first-order valence-corrected chi connectivity index (χ1v) is 14.6. The normalized spacial score (nSPS) is 15.8. The third kappa shape index (κ3) is 5.15. The Hall–Kier alpha value is -3.35. The van der Waals surface area contributed by atoms with Crippen LogP contribution >= 0.6 is 0 Å². The summed E-state index contributed by atoms with van der Waals surface area (Å²) in [6.07, 6.45) is 4.76. The molecule has 4 aromatic rings. The van der Waals surface area contributed by atoms with Crippen molar-refractivity contribution < 1.29 is 13.9 Å². The standard InChI is InChI=1S/C30H35FN4O2.C2H6/c1-4-19(2)37-27-8-5-7-22-16-26(35(28(22)27)18-20-9-10-20)29-32-24-17-23-21(15-25(24)33(29)3)11-14-34(30(23)36)13-6-12-31;1-2/h5,7-8,15-17,19-20H,4,6,9-14,18H2,1-3H3;1-2H3. The van der Waals surface area contributed by atoms with Crippen molar-refractivity contribution in [2.75, 3.05) is 19.8 Å². The van der Waals surface area contributed by atoms with Crippen molar-refractivity contribution in [3.05, 3.63) is 47.5 Å². The Morgan fingerprint density at radius 2 is 1.97 bits per heavy atom. The molecule has 3 heterocycles. The van der Waals surface area contributed by atoms with Gasteiger partial charge in [0, 0.05) is 37.6 Å². The molecule has 2 aromatic heterocycles. The Kier molecular flexibility index (Phi) is 7.96. The lowest BCUT2D eigenvalue weighted by atomic mass is 9.98. The molecule has 1 saturated carbocycles. The predicted octanol–water partition coefficient (Wildman–Crippen LogP) is 7.17. The summed E-state index contributed by atoms with van der Waals surface area (Å²) in [5.41, 5.74) is 5.80. The van der Waals surface area contributed by atoms with Crippen molar-refractivity contribution in [2.24, 2.45) is 13.0 Å². The van der Waals surface area contributed by atoms with Crippen LogP contribution in [0.4, 0.5) is 4.39 Å². The van der Waals surface area contributed by atoms with E-state index in [1.165, 1.54) is 12.8 Å². The molecule has 39 heavy (non-hydrogen) atoms. The number of imidazole rings is 1. The monoisotopic (exact) mass is 532 g/mol. The number of hydrogen-bond donors (Lipinski definition) is 0. The zero-order valence-corrected chi connectivity index (χ0v) is 24.0. The first-order valence-electron chi connectivity index (χ1n) is 14.6. The Labute approximate surface area is 230 Å². The molecule has 1 atom stereocenters. The van der Waals surface area contributed by atoms with Crippen molar-refractivity contribution in [3.8, 4) is 17.3 Å². The van der Waals surface area contributed by atoms with Crippen LogP contribution in [0.25, 0.3) is 33.5 Å². The van der Waals surface area contributed by atoms with E-state index in [1.54, 1.807) is 4.90 Å². The molecule has 1 fully saturated rings. The zero-order valence-electron chi connectivity index (χ0n) is 24.0. The molecule has 0 radical (unpaired) electrons. The maximum atomic E-state index is 13.1. The molecule has 0 N–H and O–H groups in total. The lowest BCUT2D eigenvalue weighted by molar-refractivity contribution is 0.0735. The van der Waals surface area contributed by atoms with Gasteiger partial charge in [-0.05, 0) is 74.8 Å². The Balaban J connectivity index is 0.00000151. The molecular weight excluding hydrogens is 491 g/mol. The van der Waals surface area contributed by atoms with Crippen molar-refractivity contribution >= 4 is 27.8 Å². The van der Waals surface area contributed by atoms with E-state index in [-0.39, 0.29) is 12.0 Å². The summed E-state index contributed by atoms with van der Waals surface area (Å²) in [5, 5.41) is 1.15. The number of para-hydroxylation sites is 1. The fourth-order valence-electron chi connectivity index (χ4n) is 5.53. The van der Waals surface area contributed by atoms with Crippen LogP contribution in [-0.2, 0) is 20.0 Å². The van der Waals surface area contributed by atoms with Gasteiger partial charge in [-0.1, -0.05) is 32.9 Å². The molecular formula is C32H41FN4O2. The maximum Gasteiger partial charge on any atom is 0.254 e. The average Bonchev–Trinajstić information content (AvgIpc) is 3.62. The van der Waals surface area contributed by atoms with Gasteiger partial charge in [0.05, 0.1) is 35.0 Å². The molecule has 1 unspecified atom stereocenters. The van der Waals surface area contributed by atoms with Crippen LogP contribution in [0.2, 0.25) is 0 Å². The molecule has 208 valence electrons. The molecule has 1 aliphatic carbocycles. The number of aryl methyl sites for hydroxylation is 1. The second-order valence-electron chi connectivity index (χ2n) is 10.7. The van der Waals surface area contributed by atoms with Gasteiger partial charge in [0.1, 0.15) is 5.75 Å². The minimum Gasteiger partial charge on any atom is -0.489 e. The molecule has 2 aromatic carbocycles. The quantitative estimate of drug-likeness (QED) is 0.230. The van der Waals surface area contributed by atoms with E-state index in [4.69, 9.17) is 9.72 Å². The van der Waals surface area contributed by atoms with Gasteiger partial charge in [-0.2, -0.15) is 0 Å². The fourth-order valence-corrected chi connectivity index (χ4v) is 5.53. The Morgan fingerprint density at radius 1 is 1.18 bits per heavy atom. The van der Waals surface area contributed by atoms with Crippen LogP contribution in [0.1, 0.15) is 69.3 Å².